The molecule has 0 spiro atoms. The first-order valence-electron chi connectivity index (χ1n) is 6.17. The zero-order valence-electron chi connectivity index (χ0n) is 11.5. The predicted octanol–water partition coefficient (Wildman–Crippen LogP) is 1.55. The van der Waals surface area contributed by atoms with Crippen LogP contribution < -0.4 is 5.32 Å². The monoisotopic (exact) mass is 247 g/mol. The highest BCUT2D eigenvalue weighted by molar-refractivity contribution is 5.08. The summed E-state index contributed by atoms with van der Waals surface area (Å²) in [6.07, 6.45) is 5.74. The summed E-state index contributed by atoms with van der Waals surface area (Å²) in [5.41, 5.74) is 2.47. The molecule has 0 amide bonds. The van der Waals surface area contributed by atoms with Crippen LogP contribution in [0.3, 0.4) is 0 Å². The standard InChI is InChI=1S/C13H21N5/c1-13(2,3)14-8-12-5-6-15-18(12)10-11-7-16-17(4)9-11/h5-7,9,14H,8,10H2,1-4H3. The van der Waals surface area contributed by atoms with Crippen LogP contribution in [0.5, 0.6) is 0 Å². The molecule has 18 heavy (non-hydrogen) atoms. The van der Waals surface area contributed by atoms with Crippen molar-refractivity contribution in [1.82, 2.24) is 24.9 Å². The third kappa shape index (κ3) is 3.43. The van der Waals surface area contributed by atoms with Crippen molar-refractivity contribution < 1.29 is 0 Å². The maximum absolute atomic E-state index is 4.36. The molecule has 0 aliphatic rings. The second kappa shape index (κ2) is 4.94. The Balaban J connectivity index is 2.03. The summed E-state index contributed by atoms with van der Waals surface area (Å²) in [5.74, 6) is 0. The molecule has 0 bridgehead atoms. The molecule has 2 aromatic heterocycles. The van der Waals surface area contributed by atoms with Gasteiger partial charge < -0.3 is 5.32 Å². The minimum Gasteiger partial charge on any atom is -0.306 e. The van der Waals surface area contributed by atoms with E-state index in [4.69, 9.17) is 0 Å². The smallest absolute Gasteiger partial charge is 0.0693 e. The van der Waals surface area contributed by atoms with Crippen LogP contribution in [-0.4, -0.2) is 25.1 Å². The Morgan fingerprint density at radius 2 is 2.06 bits per heavy atom. The third-order valence-corrected chi connectivity index (χ3v) is 2.70. The normalized spacial score (nSPS) is 12.0. The van der Waals surface area contributed by atoms with Gasteiger partial charge in [0.25, 0.3) is 0 Å². The zero-order chi connectivity index (χ0) is 13.2. The lowest BCUT2D eigenvalue weighted by Gasteiger charge is -2.20. The van der Waals surface area contributed by atoms with Crippen molar-refractivity contribution in [3.8, 4) is 0 Å². The molecular weight excluding hydrogens is 226 g/mol. The fraction of sp³-hybridized carbons (Fsp3) is 0.538. The highest BCUT2D eigenvalue weighted by Gasteiger charge is 2.11. The quantitative estimate of drug-likeness (QED) is 0.891. The van der Waals surface area contributed by atoms with Gasteiger partial charge in [-0.25, -0.2) is 0 Å². The SMILES string of the molecule is Cn1cc(Cn2nccc2CNC(C)(C)C)cn1. The van der Waals surface area contributed by atoms with E-state index < -0.39 is 0 Å². The first kappa shape index (κ1) is 12.8. The summed E-state index contributed by atoms with van der Waals surface area (Å²) in [4.78, 5) is 0. The van der Waals surface area contributed by atoms with Gasteiger partial charge in [-0.15, -0.1) is 0 Å². The van der Waals surface area contributed by atoms with Gasteiger partial charge in [-0.05, 0) is 26.8 Å². The van der Waals surface area contributed by atoms with Crippen LogP contribution in [0.15, 0.2) is 24.7 Å². The molecule has 0 aromatic carbocycles. The molecule has 0 fully saturated rings. The maximum Gasteiger partial charge on any atom is 0.0693 e. The molecule has 0 radical (unpaired) electrons. The number of nitrogens with zero attached hydrogens (tertiary/aromatic N) is 4. The molecule has 0 unspecified atom stereocenters. The van der Waals surface area contributed by atoms with Crippen LogP contribution in [0, 0.1) is 0 Å². The summed E-state index contributed by atoms with van der Waals surface area (Å²) in [6.45, 7) is 8.07. The Kier molecular flexibility index (Phi) is 3.52. The third-order valence-electron chi connectivity index (χ3n) is 2.70. The molecule has 1 N–H and O–H groups in total. The van der Waals surface area contributed by atoms with E-state index in [1.165, 1.54) is 11.3 Å². The molecular formula is C13H21N5. The molecule has 2 heterocycles. The average Bonchev–Trinajstić information content (AvgIpc) is 2.85. The average molecular weight is 247 g/mol. The number of hydrogen-bond acceptors (Lipinski definition) is 3. The van der Waals surface area contributed by atoms with Gasteiger partial charge in [0.15, 0.2) is 0 Å². The molecule has 0 saturated heterocycles. The molecule has 0 aliphatic heterocycles. The number of aryl methyl sites for hydroxylation is 1. The number of aromatic nitrogens is 4. The molecule has 0 atom stereocenters. The van der Waals surface area contributed by atoms with E-state index in [1.54, 1.807) is 0 Å². The van der Waals surface area contributed by atoms with Crippen LogP contribution in [-0.2, 0) is 20.1 Å². The van der Waals surface area contributed by atoms with Crippen molar-refractivity contribution in [2.45, 2.75) is 39.4 Å². The van der Waals surface area contributed by atoms with Crippen molar-refractivity contribution in [2.24, 2.45) is 7.05 Å². The van der Waals surface area contributed by atoms with Crippen molar-refractivity contribution in [1.29, 1.82) is 0 Å². The summed E-state index contributed by atoms with van der Waals surface area (Å²) >= 11 is 0. The van der Waals surface area contributed by atoms with E-state index in [1.807, 2.05) is 35.0 Å². The predicted molar refractivity (Wildman–Crippen MR) is 71.1 cm³/mol. The van der Waals surface area contributed by atoms with Gasteiger partial charge in [-0.2, -0.15) is 10.2 Å². The van der Waals surface area contributed by atoms with Crippen LogP contribution in [0.2, 0.25) is 0 Å². The lowest BCUT2D eigenvalue weighted by atomic mass is 10.1. The fourth-order valence-corrected chi connectivity index (χ4v) is 1.73. The molecule has 2 rings (SSSR count). The first-order chi connectivity index (χ1) is 8.44. The maximum atomic E-state index is 4.36. The van der Waals surface area contributed by atoms with Crippen LogP contribution in [0.4, 0.5) is 0 Å². The van der Waals surface area contributed by atoms with Gasteiger partial charge in [0.05, 0.1) is 18.4 Å². The summed E-state index contributed by atoms with van der Waals surface area (Å²) in [7, 11) is 1.93. The molecule has 98 valence electrons. The first-order valence-corrected chi connectivity index (χ1v) is 6.17. The second-order valence-corrected chi connectivity index (χ2v) is 5.61. The highest BCUT2D eigenvalue weighted by atomic mass is 15.3. The lowest BCUT2D eigenvalue weighted by molar-refractivity contribution is 0.414. The van der Waals surface area contributed by atoms with Gasteiger partial charge in [-0.3, -0.25) is 9.36 Å². The molecule has 5 nitrogen and oxygen atoms in total. The van der Waals surface area contributed by atoms with E-state index >= 15 is 0 Å². The topological polar surface area (TPSA) is 47.7 Å². The fourth-order valence-electron chi connectivity index (χ4n) is 1.73. The summed E-state index contributed by atoms with van der Waals surface area (Å²) in [6, 6.07) is 2.05. The van der Waals surface area contributed by atoms with E-state index in [2.05, 4.69) is 42.4 Å². The molecule has 5 heteroatoms. The van der Waals surface area contributed by atoms with Gasteiger partial charge in [0.1, 0.15) is 0 Å². The van der Waals surface area contributed by atoms with Crippen LogP contribution in [0.1, 0.15) is 32.0 Å². The second-order valence-electron chi connectivity index (χ2n) is 5.61. The van der Waals surface area contributed by atoms with Gasteiger partial charge in [0, 0.05) is 37.1 Å². The Morgan fingerprint density at radius 1 is 1.28 bits per heavy atom. The van der Waals surface area contributed by atoms with Gasteiger partial charge >= 0.3 is 0 Å². The lowest BCUT2D eigenvalue weighted by Crippen LogP contribution is -2.35. The van der Waals surface area contributed by atoms with Crippen LogP contribution in [0.25, 0.3) is 0 Å². The minimum absolute atomic E-state index is 0.114. The molecule has 2 aromatic rings. The number of nitrogens with one attached hydrogen (secondary N) is 1. The number of rotatable bonds is 4. The Bertz CT molecular complexity index is 503. The number of hydrogen-bond donors (Lipinski definition) is 1. The van der Waals surface area contributed by atoms with Gasteiger partial charge in [-0.1, -0.05) is 0 Å². The zero-order valence-corrected chi connectivity index (χ0v) is 11.5. The Morgan fingerprint density at radius 3 is 2.67 bits per heavy atom. The van der Waals surface area contributed by atoms with Crippen molar-refractivity contribution in [3.05, 3.63) is 35.9 Å². The van der Waals surface area contributed by atoms with E-state index in [0.29, 0.717) is 0 Å². The van der Waals surface area contributed by atoms with Gasteiger partial charge in [0.2, 0.25) is 0 Å². The Labute approximate surface area is 108 Å². The largest absolute Gasteiger partial charge is 0.306 e. The van der Waals surface area contributed by atoms with Crippen molar-refractivity contribution in [3.63, 3.8) is 0 Å². The molecule has 0 saturated carbocycles. The molecule has 0 aliphatic carbocycles. The van der Waals surface area contributed by atoms with E-state index in [-0.39, 0.29) is 5.54 Å². The summed E-state index contributed by atoms with van der Waals surface area (Å²) in [5, 5.41) is 12.0. The highest BCUT2D eigenvalue weighted by Crippen LogP contribution is 2.07. The Hall–Kier alpha value is -1.62. The van der Waals surface area contributed by atoms with E-state index in [0.717, 1.165) is 13.1 Å². The van der Waals surface area contributed by atoms with Crippen molar-refractivity contribution >= 4 is 0 Å². The van der Waals surface area contributed by atoms with Crippen LogP contribution >= 0.6 is 0 Å². The van der Waals surface area contributed by atoms with E-state index in [9.17, 15) is 0 Å². The van der Waals surface area contributed by atoms with Crippen molar-refractivity contribution in [2.75, 3.05) is 0 Å². The minimum atomic E-state index is 0.114. The summed E-state index contributed by atoms with van der Waals surface area (Å²) < 4.78 is 3.82.